The molecule has 0 saturated heterocycles. The molecule has 0 radical (unpaired) electrons. The van der Waals surface area contributed by atoms with Gasteiger partial charge in [-0.05, 0) is 74.3 Å². The number of carbonyl (C=O) groups excluding carboxylic acids is 1. The first-order valence-corrected chi connectivity index (χ1v) is 9.10. The van der Waals surface area contributed by atoms with Gasteiger partial charge in [0.15, 0.2) is 0 Å². The van der Waals surface area contributed by atoms with Gasteiger partial charge in [-0.2, -0.15) is 0 Å². The highest BCUT2D eigenvalue weighted by Gasteiger charge is 2.30. The minimum atomic E-state index is -4.75. The molecule has 0 unspecified atom stereocenters. The summed E-state index contributed by atoms with van der Waals surface area (Å²) in [6, 6.07) is 11.7. The Morgan fingerprint density at radius 2 is 1.65 bits per heavy atom. The van der Waals surface area contributed by atoms with Crippen LogP contribution in [0.4, 0.5) is 18.9 Å². The Balaban J connectivity index is 1.89. The molecule has 164 valence electrons. The van der Waals surface area contributed by atoms with Gasteiger partial charge in [-0.1, -0.05) is 24.3 Å². The number of carbonyl (C=O) groups is 1. The molecule has 9 heteroatoms. The fourth-order valence-corrected chi connectivity index (χ4v) is 2.21. The Bertz CT molecular complexity index is 959. The highest BCUT2D eigenvalue weighted by molar-refractivity contribution is 6.16. The second kappa shape index (κ2) is 9.92. The van der Waals surface area contributed by atoms with E-state index in [1.165, 1.54) is 18.2 Å². The van der Waals surface area contributed by atoms with E-state index in [0.717, 1.165) is 24.0 Å². The van der Waals surface area contributed by atoms with Crippen molar-refractivity contribution in [2.75, 3.05) is 0 Å². The topological polar surface area (TPSA) is 85.8 Å². The zero-order chi connectivity index (χ0) is 23.1. The van der Waals surface area contributed by atoms with Crippen LogP contribution in [0.15, 0.2) is 59.6 Å². The van der Waals surface area contributed by atoms with Crippen LogP contribution in [-0.4, -0.2) is 30.1 Å². The molecule has 0 aliphatic carbocycles. The molecule has 2 aromatic carbocycles. The normalized spacial score (nSPS) is 12.2. The maximum atomic E-state index is 12.1. The van der Waals surface area contributed by atoms with Gasteiger partial charge in [0.2, 0.25) is 0 Å². The fraction of sp³-hybridized carbons (Fsp3) is 0.227. The summed E-state index contributed by atoms with van der Waals surface area (Å²) >= 11 is 0. The molecule has 0 aliphatic heterocycles. The first-order valence-electron chi connectivity index (χ1n) is 9.10. The van der Waals surface area contributed by atoms with E-state index in [1.54, 1.807) is 51.1 Å². The standard InChI is InChI=1S/C22H21F3N3O3/c1-21(2,3)31-19(29)13-6-15-4-7-16(8-5-15)20(26)28-14-27-17-9-11-18(12-10-17)30-22(23,24)25/h4-14H,1-3H3,(H-,26,27,28)/q-1/b13-6+. The molecule has 0 aromatic heterocycles. The molecule has 1 N–H and O–H groups in total. The van der Waals surface area contributed by atoms with E-state index >= 15 is 0 Å². The number of alkyl halides is 3. The van der Waals surface area contributed by atoms with Gasteiger partial charge in [-0.25, -0.2) is 4.79 Å². The van der Waals surface area contributed by atoms with Crippen LogP contribution in [0.1, 0.15) is 31.9 Å². The summed E-state index contributed by atoms with van der Waals surface area (Å²) in [4.78, 5) is 15.7. The third kappa shape index (κ3) is 9.16. The number of benzene rings is 2. The lowest BCUT2D eigenvalue weighted by molar-refractivity contribution is -0.274. The number of hydrogen-bond acceptors (Lipinski definition) is 5. The number of hydrogen-bond donors (Lipinski definition) is 1. The number of nitrogens with one attached hydrogen (secondary N) is 1. The molecule has 2 rings (SSSR count). The Hall–Kier alpha value is -3.62. The number of amidine groups is 1. The summed E-state index contributed by atoms with van der Waals surface area (Å²) in [7, 11) is 0. The van der Waals surface area contributed by atoms with Crippen molar-refractivity contribution in [1.29, 1.82) is 5.41 Å². The van der Waals surface area contributed by atoms with E-state index in [4.69, 9.17) is 10.1 Å². The average Bonchev–Trinajstić information content (AvgIpc) is 2.65. The molecular weight excluding hydrogens is 411 g/mol. The van der Waals surface area contributed by atoms with Crippen LogP contribution in [0.2, 0.25) is 0 Å². The number of halogens is 3. The van der Waals surface area contributed by atoms with Crippen molar-refractivity contribution in [1.82, 2.24) is 0 Å². The maximum Gasteiger partial charge on any atom is 0.573 e. The number of nitrogens with zero attached hydrogens (tertiary/aromatic N) is 2. The van der Waals surface area contributed by atoms with E-state index in [2.05, 4.69) is 15.0 Å². The van der Waals surface area contributed by atoms with Gasteiger partial charge in [0, 0.05) is 11.9 Å². The molecule has 6 nitrogen and oxygen atoms in total. The Morgan fingerprint density at radius 3 is 2.19 bits per heavy atom. The number of rotatable bonds is 6. The smallest absolute Gasteiger partial charge is 0.457 e. The monoisotopic (exact) mass is 432 g/mol. The summed E-state index contributed by atoms with van der Waals surface area (Å²) in [6.07, 6.45) is -0.686. The molecule has 0 spiro atoms. The van der Waals surface area contributed by atoms with Crippen LogP contribution in [0.25, 0.3) is 11.4 Å². The van der Waals surface area contributed by atoms with Gasteiger partial charge in [0.25, 0.3) is 0 Å². The number of ether oxygens (including phenoxy) is 2. The van der Waals surface area contributed by atoms with Crippen LogP contribution in [0, 0.1) is 5.41 Å². The molecule has 0 atom stereocenters. The first kappa shape index (κ1) is 23.7. The zero-order valence-electron chi connectivity index (χ0n) is 17.1. The molecule has 0 bridgehead atoms. The van der Waals surface area contributed by atoms with E-state index < -0.39 is 17.9 Å². The molecule has 0 aliphatic rings. The molecular formula is C22H21F3N3O3-. The van der Waals surface area contributed by atoms with Crippen molar-refractivity contribution in [3.8, 4) is 5.75 Å². The van der Waals surface area contributed by atoms with Crippen molar-refractivity contribution in [3.63, 3.8) is 0 Å². The lowest BCUT2D eigenvalue weighted by Crippen LogP contribution is -2.22. The Morgan fingerprint density at radius 1 is 1.03 bits per heavy atom. The summed E-state index contributed by atoms with van der Waals surface area (Å²) in [5, 5.41) is 11.9. The molecule has 0 fully saturated rings. The van der Waals surface area contributed by atoms with Gasteiger partial charge < -0.3 is 25.2 Å². The van der Waals surface area contributed by atoms with E-state index in [1.807, 2.05) is 0 Å². The maximum absolute atomic E-state index is 12.1. The molecule has 2 aromatic rings. The lowest BCUT2D eigenvalue weighted by atomic mass is 10.1. The van der Waals surface area contributed by atoms with Crippen molar-refractivity contribution >= 4 is 29.9 Å². The predicted octanol–water partition coefficient (Wildman–Crippen LogP) is 6.00. The SMILES string of the molecule is CC(C)(C)OC(=O)/C=C/c1ccc(C(=N)[N-]C=Nc2ccc(OC(F)(F)F)cc2)cc1. The van der Waals surface area contributed by atoms with Gasteiger partial charge in [0.05, 0.1) is 0 Å². The largest absolute Gasteiger partial charge is 0.573 e. The second-order valence-corrected chi connectivity index (χ2v) is 7.25. The second-order valence-electron chi connectivity index (χ2n) is 7.25. The van der Waals surface area contributed by atoms with Crippen LogP contribution < -0.4 is 4.74 Å². The van der Waals surface area contributed by atoms with Crippen LogP contribution in [-0.2, 0) is 9.53 Å². The highest BCUT2D eigenvalue weighted by atomic mass is 19.4. The summed E-state index contributed by atoms with van der Waals surface area (Å²) in [5.41, 5.74) is 1.06. The van der Waals surface area contributed by atoms with Crippen LogP contribution in [0.5, 0.6) is 5.75 Å². The van der Waals surface area contributed by atoms with Crippen molar-refractivity contribution in [3.05, 3.63) is 71.1 Å². The number of esters is 1. The average molecular weight is 432 g/mol. The third-order valence-electron chi connectivity index (χ3n) is 3.47. The van der Waals surface area contributed by atoms with Gasteiger partial charge >= 0.3 is 12.3 Å². The lowest BCUT2D eigenvalue weighted by Gasteiger charge is -2.17. The van der Waals surface area contributed by atoms with E-state index in [-0.39, 0.29) is 11.6 Å². The Labute approximate surface area is 177 Å². The molecule has 31 heavy (non-hydrogen) atoms. The zero-order valence-corrected chi connectivity index (χ0v) is 17.1. The molecule has 0 amide bonds. The van der Waals surface area contributed by atoms with Crippen LogP contribution in [0.3, 0.4) is 0 Å². The van der Waals surface area contributed by atoms with Gasteiger partial charge in [-0.15, -0.1) is 13.2 Å². The van der Waals surface area contributed by atoms with Gasteiger partial charge in [0.1, 0.15) is 11.4 Å². The van der Waals surface area contributed by atoms with Crippen molar-refractivity contribution in [2.45, 2.75) is 32.7 Å². The van der Waals surface area contributed by atoms with E-state index in [9.17, 15) is 18.0 Å². The Kier molecular flexibility index (Phi) is 7.57. The summed E-state index contributed by atoms with van der Waals surface area (Å²) < 4.78 is 45.4. The third-order valence-corrected chi connectivity index (χ3v) is 3.47. The molecule has 0 saturated carbocycles. The minimum Gasteiger partial charge on any atom is -0.457 e. The predicted molar refractivity (Wildman–Crippen MR) is 113 cm³/mol. The highest BCUT2D eigenvalue weighted by Crippen LogP contribution is 2.24. The quantitative estimate of drug-likeness (QED) is 0.263. The molecule has 0 heterocycles. The first-order chi connectivity index (χ1) is 14.4. The van der Waals surface area contributed by atoms with Gasteiger partial charge in [-0.3, -0.25) is 0 Å². The van der Waals surface area contributed by atoms with Crippen molar-refractivity contribution in [2.24, 2.45) is 4.99 Å². The summed E-state index contributed by atoms with van der Waals surface area (Å²) in [5.74, 6) is -0.853. The van der Waals surface area contributed by atoms with Crippen molar-refractivity contribution < 1.29 is 27.4 Å². The fourth-order valence-electron chi connectivity index (χ4n) is 2.21. The van der Waals surface area contributed by atoms with E-state index in [0.29, 0.717) is 11.3 Å². The minimum absolute atomic E-state index is 0.0524. The summed E-state index contributed by atoms with van der Waals surface area (Å²) in [6.45, 7) is 5.34. The van der Waals surface area contributed by atoms with Crippen LogP contribution >= 0.6 is 0 Å². The number of aliphatic imine (C=N–C) groups is 1.